The maximum Gasteiger partial charge on any atom is 0.261 e. The molecule has 0 unspecified atom stereocenters. The first-order valence-corrected chi connectivity index (χ1v) is 8.02. The van der Waals surface area contributed by atoms with Crippen molar-refractivity contribution < 1.29 is 4.79 Å². The van der Waals surface area contributed by atoms with Gasteiger partial charge in [0.05, 0.1) is 4.88 Å². The van der Waals surface area contributed by atoms with E-state index in [1.54, 1.807) is 0 Å². The number of nitrogens with one attached hydrogen (secondary N) is 2. The van der Waals surface area contributed by atoms with Gasteiger partial charge in [0, 0.05) is 24.9 Å². The van der Waals surface area contributed by atoms with Crippen molar-refractivity contribution in [2.24, 2.45) is 0 Å². The van der Waals surface area contributed by atoms with Crippen LogP contribution < -0.4 is 10.6 Å². The summed E-state index contributed by atoms with van der Waals surface area (Å²) in [5.74, 6) is 2.55. The highest BCUT2D eigenvalue weighted by atomic mass is 32.2. The molecule has 1 fully saturated rings. The molecule has 1 aromatic rings. The predicted octanol–water partition coefficient (Wildman–Crippen LogP) is 1.96. The lowest BCUT2D eigenvalue weighted by Gasteiger charge is -2.22. The summed E-state index contributed by atoms with van der Waals surface area (Å²) in [6, 6.07) is 4.38. The van der Waals surface area contributed by atoms with E-state index >= 15 is 0 Å². The third-order valence-corrected chi connectivity index (χ3v) is 4.83. The number of carbonyl (C=O) groups excluding carboxylic acids is 1. The average Bonchev–Trinajstić information content (AvgIpc) is 2.89. The number of thioether (sulfide) groups is 1. The van der Waals surface area contributed by atoms with Gasteiger partial charge < -0.3 is 10.6 Å². The Labute approximate surface area is 110 Å². The molecule has 2 N–H and O–H groups in total. The predicted molar refractivity (Wildman–Crippen MR) is 75.0 cm³/mol. The lowest BCUT2D eigenvalue weighted by Crippen LogP contribution is -2.39. The number of rotatable bonds is 5. The van der Waals surface area contributed by atoms with E-state index in [0.29, 0.717) is 12.6 Å². The Morgan fingerprint density at radius 3 is 3.12 bits per heavy atom. The van der Waals surface area contributed by atoms with Crippen molar-refractivity contribution >= 4 is 29.0 Å². The first kappa shape index (κ1) is 12.9. The van der Waals surface area contributed by atoms with Crippen molar-refractivity contribution in [1.29, 1.82) is 0 Å². The second-order valence-corrected chi connectivity index (χ2v) is 6.20. The van der Waals surface area contributed by atoms with Crippen LogP contribution in [0.15, 0.2) is 17.5 Å². The van der Waals surface area contributed by atoms with E-state index in [1.165, 1.54) is 35.7 Å². The summed E-state index contributed by atoms with van der Waals surface area (Å²) in [6.07, 6.45) is 2.58. The largest absolute Gasteiger partial charge is 0.350 e. The quantitative estimate of drug-likeness (QED) is 0.804. The summed E-state index contributed by atoms with van der Waals surface area (Å²) < 4.78 is 0. The zero-order valence-electron chi connectivity index (χ0n) is 9.78. The number of carbonyl (C=O) groups is 1. The van der Waals surface area contributed by atoms with Gasteiger partial charge in [-0.2, -0.15) is 11.8 Å². The maximum atomic E-state index is 11.6. The molecule has 0 saturated carbocycles. The van der Waals surface area contributed by atoms with E-state index in [1.807, 2.05) is 29.3 Å². The van der Waals surface area contributed by atoms with Gasteiger partial charge in [-0.1, -0.05) is 6.07 Å². The topological polar surface area (TPSA) is 41.1 Å². The smallest absolute Gasteiger partial charge is 0.261 e. The number of hydrogen-bond donors (Lipinski definition) is 2. The molecule has 0 bridgehead atoms. The highest BCUT2D eigenvalue weighted by Crippen LogP contribution is 2.16. The Balaban J connectivity index is 1.58. The molecule has 1 atom stereocenters. The van der Waals surface area contributed by atoms with Crippen molar-refractivity contribution in [3.8, 4) is 0 Å². The minimum atomic E-state index is 0.0415. The summed E-state index contributed by atoms with van der Waals surface area (Å²) in [4.78, 5) is 12.4. The monoisotopic (exact) mass is 270 g/mol. The van der Waals surface area contributed by atoms with Crippen LogP contribution in [0.4, 0.5) is 0 Å². The van der Waals surface area contributed by atoms with Gasteiger partial charge in [-0.05, 0) is 30.0 Å². The standard InChI is InChI=1S/C12H18N2OS2/c15-12(11-4-2-8-17-11)14-6-5-13-10-3-1-7-16-9-10/h2,4,8,10,13H,1,3,5-7,9H2,(H,14,15)/t10-/m0/s1. The third kappa shape index (κ3) is 4.33. The second kappa shape index (κ2) is 7.03. The van der Waals surface area contributed by atoms with Crippen LogP contribution in [0.3, 0.4) is 0 Å². The van der Waals surface area contributed by atoms with Crippen LogP contribution in [0, 0.1) is 0 Å². The number of hydrogen-bond acceptors (Lipinski definition) is 4. The lowest BCUT2D eigenvalue weighted by atomic mass is 10.2. The van der Waals surface area contributed by atoms with Gasteiger partial charge >= 0.3 is 0 Å². The van der Waals surface area contributed by atoms with E-state index in [2.05, 4.69) is 10.6 Å². The van der Waals surface area contributed by atoms with Gasteiger partial charge in [0.1, 0.15) is 0 Å². The van der Waals surface area contributed by atoms with Gasteiger partial charge in [0.2, 0.25) is 0 Å². The fourth-order valence-electron chi connectivity index (χ4n) is 1.85. The molecule has 2 heterocycles. The summed E-state index contributed by atoms with van der Waals surface area (Å²) in [5.41, 5.74) is 0. The normalized spacial score (nSPS) is 20.1. The Kier molecular flexibility index (Phi) is 5.35. The van der Waals surface area contributed by atoms with Crippen molar-refractivity contribution in [1.82, 2.24) is 10.6 Å². The first-order valence-electron chi connectivity index (χ1n) is 5.99. The molecule has 17 heavy (non-hydrogen) atoms. The Bertz CT molecular complexity index is 334. The van der Waals surface area contributed by atoms with Crippen molar-refractivity contribution in [3.05, 3.63) is 22.4 Å². The van der Waals surface area contributed by atoms with E-state index in [0.717, 1.165) is 11.4 Å². The molecule has 5 heteroatoms. The zero-order chi connectivity index (χ0) is 11.9. The molecule has 0 spiro atoms. The summed E-state index contributed by atoms with van der Waals surface area (Å²) in [7, 11) is 0. The molecular weight excluding hydrogens is 252 g/mol. The van der Waals surface area contributed by atoms with E-state index in [-0.39, 0.29) is 5.91 Å². The Morgan fingerprint density at radius 2 is 2.41 bits per heavy atom. The highest BCUT2D eigenvalue weighted by Gasteiger charge is 2.12. The zero-order valence-corrected chi connectivity index (χ0v) is 11.4. The number of thiophene rings is 1. The molecule has 1 aromatic heterocycles. The summed E-state index contributed by atoms with van der Waals surface area (Å²) in [5, 5.41) is 8.34. The molecule has 1 amide bonds. The lowest BCUT2D eigenvalue weighted by molar-refractivity contribution is 0.0957. The van der Waals surface area contributed by atoms with Crippen LogP contribution in [0.2, 0.25) is 0 Å². The number of amides is 1. The molecule has 1 saturated heterocycles. The van der Waals surface area contributed by atoms with Crippen LogP contribution >= 0.6 is 23.1 Å². The first-order chi connectivity index (χ1) is 8.36. The molecule has 2 rings (SSSR count). The minimum absolute atomic E-state index is 0.0415. The van der Waals surface area contributed by atoms with E-state index in [9.17, 15) is 4.79 Å². The molecule has 0 aromatic carbocycles. The molecule has 0 aliphatic carbocycles. The minimum Gasteiger partial charge on any atom is -0.350 e. The molecule has 94 valence electrons. The molecular formula is C12H18N2OS2. The van der Waals surface area contributed by atoms with Crippen LogP contribution in [0.25, 0.3) is 0 Å². The molecule has 0 radical (unpaired) electrons. The van der Waals surface area contributed by atoms with Crippen LogP contribution in [-0.2, 0) is 0 Å². The molecule has 3 nitrogen and oxygen atoms in total. The van der Waals surface area contributed by atoms with E-state index < -0.39 is 0 Å². The van der Waals surface area contributed by atoms with Crippen molar-refractivity contribution in [3.63, 3.8) is 0 Å². The second-order valence-electron chi connectivity index (χ2n) is 4.10. The Morgan fingerprint density at radius 1 is 1.47 bits per heavy atom. The van der Waals surface area contributed by atoms with Gasteiger partial charge in [-0.25, -0.2) is 0 Å². The van der Waals surface area contributed by atoms with Crippen molar-refractivity contribution in [2.45, 2.75) is 18.9 Å². The van der Waals surface area contributed by atoms with Crippen LogP contribution in [0.5, 0.6) is 0 Å². The van der Waals surface area contributed by atoms with Gasteiger partial charge in [0.25, 0.3) is 5.91 Å². The SMILES string of the molecule is O=C(NCCN[C@H]1CCCSC1)c1cccs1. The maximum absolute atomic E-state index is 11.6. The van der Waals surface area contributed by atoms with Gasteiger partial charge in [-0.15, -0.1) is 11.3 Å². The fraction of sp³-hybridized carbons (Fsp3) is 0.583. The van der Waals surface area contributed by atoms with Gasteiger partial charge in [-0.3, -0.25) is 4.79 Å². The van der Waals surface area contributed by atoms with Crippen molar-refractivity contribution in [2.75, 3.05) is 24.6 Å². The fourth-order valence-corrected chi connectivity index (χ4v) is 3.60. The Hall–Kier alpha value is -0.520. The van der Waals surface area contributed by atoms with Crippen LogP contribution in [0.1, 0.15) is 22.5 Å². The molecule has 1 aliphatic heterocycles. The summed E-state index contributed by atoms with van der Waals surface area (Å²) in [6.45, 7) is 1.57. The highest BCUT2D eigenvalue weighted by molar-refractivity contribution is 7.99. The van der Waals surface area contributed by atoms with Gasteiger partial charge in [0.15, 0.2) is 0 Å². The molecule has 1 aliphatic rings. The third-order valence-electron chi connectivity index (χ3n) is 2.75. The van der Waals surface area contributed by atoms with E-state index in [4.69, 9.17) is 0 Å². The van der Waals surface area contributed by atoms with Crippen LogP contribution in [-0.4, -0.2) is 36.5 Å². The summed E-state index contributed by atoms with van der Waals surface area (Å²) >= 11 is 3.50. The average molecular weight is 270 g/mol.